The van der Waals surface area contributed by atoms with Gasteiger partial charge in [-0.25, -0.2) is 0 Å². The third-order valence-electron chi connectivity index (χ3n) is 2.21. The van der Waals surface area contributed by atoms with Crippen LogP contribution in [0.4, 0.5) is 0 Å². The summed E-state index contributed by atoms with van der Waals surface area (Å²) in [5.74, 6) is 0.279. The highest BCUT2D eigenvalue weighted by Crippen LogP contribution is 2.32. The van der Waals surface area contributed by atoms with Gasteiger partial charge in [-0.15, -0.1) is 0 Å². The molecule has 0 fully saturated rings. The molecule has 1 rings (SSSR count). The van der Waals surface area contributed by atoms with E-state index in [4.69, 9.17) is 27.9 Å². The van der Waals surface area contributed by atoms with Crippen LogP contribution < -0.4 is 10.1 Å². The number of benzene rings is 1. The number of aliphatic hydroxyl groups is 1. The average Bonchev–Trinajstić information content (AvgIpc) is 2.31. The maximum atomic E-state index is 11.2. The predicted molar refractivity (Wildman–Crippen MR) is 71.2 cm³/mol. The largest absolute Gasteiger partial charge is 0.491 e. The predicted octanol–water partition coefficient (Wildman–Crippen LogP) is 2.39. The standard InChI is InChI=1S/C12H15Cl2NO3/c1-2-15-11(17)3-4-18-12-8(7-16)5-9(13)6-10(12)14/h5-6,16H,2-4,7H2,1H3,(H,15,17). The summed E-state index contributed by atoms with van der Waals surface area (Å²) in [5.41, 5.74) is 0.503. The van der Waals surface area contributed by atoms with Crippen LogP contribution in [0.15, 0.2) is 12.1 Å². The maximum absolute atomic E-state index is 11.2. The number of amides is 1. The number of ether oxygens (including phenoxy) is 1. The van der Waals surface area contributed by atoms with Crippen LogP contribution >= 0.6 is 23.2 Å². The van der Waals surface area contributed by atoms with Crippen molar-refractivity contribution < 1.29 is 14.6 Å². The van der Waals surface area contributed by atoms with Crippen molar-refractivity contribution in [1.82, 2.24) is 5.32 Å². The topological polar surface area (TPSA) is 58.6 Å². The summed E-state index contributed by atoms with van der Waals surface area (Å²) < 4.78 is 5.42. The van der Waals surface area contributed by atoms with Gasteiger partial charge in [0.15, 0.2) is 0 Å². The van der Waals surface area contributed by atoms with Crippen LogP contribution in [0.25, 0.3) is 0 Å². The maximum Gasteiger partial charge on any atom is 0.223 e. The van der Waals surface area contributed by atoms with Crippen LogP contribution in [0.5, 0.6) is 5.75 Å². The second-order valence-corrected chi connectivity index (χ2v) is 4.43. The fourth-order valence-electron chi connectivity index (χ4n) is 1.42. The third kappa shape index (κ3) is 4.37. The second-order valence-electron chi connectivity index (χ2n) is 3.59. The van der Waals surface area contributed by atoms with Gasteiger partial charge in [0.05, 0.1) is 24.7 Å². The number of rotatable bonds is 6. The molecular weight excluding hydrogens is 277 g/mol. The first-order valence-electron chi connectivity index (χ1n) is 5.56. The number of hydrogen-bond donors (Lipinski definition) is 2. The van der Waals surface area contributed by atoms with E-state index in [-0.39, 0.29) is 25.5 Å². The molecule has 6 heteroatoms. The van der Waals surface area contributed by atoms with Gasteiger partial charge in [0.2, 0.25) is 5.91 Å². The van der Waals surface area contributed by atoms with Crippen LogP contribution in [0.1, 0.15) is 18.9 Å². The Morgan fingerprint density at radius 1 is 1.44 bits per heavy atom. The molecule has 0 atom stereocenters. The van der Waals surface area contributed by atoms with Gasteiger partial charge < -0.3 is 15.2 Å². The molecule has 0 aliphatic rings. The molecule has 0 radical (unpaired) electrons. The first kappa shape index (κ1) is 15.1. The van der Waals surface area contributed by atoms with Gasteiger partial charge in [0.25, 0.3) is 0 Å². The summed E-state index contributed by atoms with van der Waals surface area (Å²) in [5, 5.41) is 12.6. The molecule has 1 aromatic carbocycles. The lowest BCUT2D eigenvalue weighted by Crippen LogP contribution is -2.24. The summed E-state index contributed by atoms with van der Waals surface area (Å²) in [7, 11) is 0. The zero-order valence-corrected chi connectivity index (χ0v) is 11.5. The molecule has 0 bridgehead atoms. The Morgan fingerprint density at radius 3 is 2.78 bits per heavy atom. The molecule has 4 nitrogen and oxygen atoms in total. The monoisotopic (exact) mass is 291 g/mol. The van der Waals surface area contributed by atoms with E-state index in [2.05, 4.69) is 5.32 Å². The normalized spacial score (nSPS) is 10.2. The zero-order chi connectivity index (χ0) is 13.5. The number of nitrogens with one attached hydrogen (secondary N) is 1. The molecule has 0 aliphatic heterocycles. The van der Waals surface area contributed by atoms with Crippen molar-refractivity contribution in [2.75, 3.05) is 13.2 Å². The van der Waals surface area contributed by atoms with E-state index in [1.54, 1.807) is 6.07 Å². The van der Waals surface area contributed by atoms with Crippen molar-refractivity contribution in [3.05, 3.63) is 27.7 Å². The lowest BCUT2D eigenvalue weighted by Gasteiger charge is -2.12. The number of hydrogen-bond acceptors (Lipinski definition) is 3. The summed E-state index contributed by atoms with van der Waals surface area (Å²) in [6.07, 6.45) is 0.234. The lowest BCUT2D eigenvalue weighted by atomic mass is 10.2. The van der Waals surface area contributed by atoms with E-state index in [1.165, 1.54) is 6.07 Å². The Balaban J connectivity index is 2.64. The Bertz CT molecular complexity index is 424. The van der Waals surface area contributed by atoms with Gasteiger partial charge in [-0.05, 0) is 19.1 Å². The fourth-order valence-corrected chi connectivity index (χ4v) is 2.01. The number of halogens is 2. The molecule has 0 spiro atoms. The van der Waals surface area contributed by atoms with Crippen LogP contribution in [-0.2, 0) is 11.4 Å². The van der Waals surface area contributed by atoms with Gasteiger partial charge in [0.1, 0.15) is 5.75 Å². The zero-order valence-electron chi connectivity index (χ0n) is 10.0. The van der Waals surface area contributed by atoms with Crippen LogP contribution in [0.2, 0.25) is 10.0 Å². The molecule has 1 aromatic rings. The molecule has 0 aromatic heterocycles. The summed E-state index contributed by atoms with van der Waals surface area (Å²) in [4.78, 5) is 11.2. The van der Waals surface area contributed by atoms with Crippen molar-refractivity contribution >= 4 is 29.1 Å². The number of carbonyl (C=O) groups excluding carboxylic acids is 1. The van der Waals surface area contributed by atoms with E-state index in [1.807, 2.05) is 6.92 Å². The molecule has 0 aliphatic carbocycles. The Kier molecular flexibility index (Phi) is 6.25. The fraction of sp³-hybridized carbons (Fsp3) is 0.417. The van der Waals surface area contributed by atoms with Crippen molar-refractivity contribution in [2.45, 2.75) is 20.0 Å². The molecule has 2 N–H and O–H groups in total. The second kappa shape index (κ2) is 7.46. The minimum Gasteiger partial charge on any atom is -0.491 e. The molecule has 0 saturated heterocycles. The van der Waals surface area contributed by atoms with E-state index in [0.717, 1.165) is 0 Å². The van der Waals surface area contributed by atoms with Crippen molar-refractivity contribution in [3.8, 4) is 5.75 Å². The van der Waals surface area contributed by atoms with E-state index in [9.17, 15) is 9.90 Å². The molecule has 18 heavy (non-hydrogen) atoms. The number of carbonyl (C=O) groups is 1. The van der Waals surface area contributed by atoms with Gasteiger partial charge in [0, 0.05) is 17.1 Å². The molecule has 0 heterocycles. The van der Waals surface area contributed by atoms with Gasteiger partial charge in [-0.2, -0.15) is 0 Å². The summed E-state index contributed by atoms with van der Waals surface area (Å²) >= 11 is 11.8. The highest BCUT2D eigenvalue weighted by molar-refractivity contribution is 6.35. The Hall–Kier alpha value is -0.970. The highest BCUT2D eigenvalue weighted by atomic mass is 35.5. The minimum absolute atomic E-state index is 0.0897. The quantitative estimate of drug-likeness (QED) is 0.846. The molecular formula is C12H15Cl2NO3. The number of aliphatic hydroxyl groups excluding tert-OH is 1. The van der Waals surface area contributed by atoms with Crippen LogP contribution in [0.3, 0.4) is 0 Å². The van der Waals surface area contributed by atoms with Crippen molar-refractivity contribution in [2.24, 2.45) is 0 Å². The Labute approximate surface area is 116 Å². The van der Waals surface area contributed by atoms with Crippen LogP contribution in [0, 0.1) is 0 Å². The first-order valence-corrected chi connectivity index (χ1v) is 6.32. The smallest absolute Gasteiger partial charge is 0.223 e. The molecule has 0 unspecified atom stereocenters. The SMILES string of the molecule is CCNC(=O)CCOc1c(Cl)cc(Cl)cc1CO. The van der Waals surface area contributed by atoms with Crippen molar-refractivity contribution in [1.29, 1.82) is 0 Å². The average molecular weight is 292 g/mol. The van der Waals surface area contributed by atoms with E-state index < -0.39 is 0 Å². The third-order valence-corrected chi connectivity index (χ3v) is 2.70. The molecule has 1 amide bonds. The van der Waals surface area contributed by atoms with Crippen molar-refractivity contribution in [3.63, 3.8) is 0 Å². The van der Waals surface area contributed by atoms with Gasteiger partial charge >= 0.3 is 0 Å². The molecule has 100 valence electrons. The van der Waals surface area contributed by atoms with Gasteiger partial charge in [-0.3, -0.25) is 4.79 Å². The highest BCUT2D eigenvalue weighted by Gasteiger charge is 2.10. The first-order chi connectivity index (χ1) is 8.58. The van der Waals surface area contributed by atoms with Crippen LogP contribution in [-0.4, -0.2) is 24.2 Å². The lowest BCUT2D eigenvalue weighted by molar-refractivity contribution is -0.121. The van der Waals surface area contributed by atoms with Gasteiger partial charge in [-0.1, -0.05) is 23.2 Å². The Morgan fingerprint density at radius 2 is 2.17 bits per heavy atom. The van der Waals surface area contributed by atoms with E-state index in [0.29, 0.717) is 27.9 Å². The van der Waals surface area contributed by atoms with E-state index >= 15 is 0 Å². The summed E-state index contributed by atoms with van der Waals surface area (Å²) in [6.45, 7) is 2.40. The summed E-state index contributed by atoms with van der Waals surface area (Å²) in [6, 6.07) is 3.11. The molecule has 0 saturated carbocycles. The minimum atomic E-state index is -0.225.